The van der Waals surface area contributed by atoms with Crippen LogP contribution < -0.4 is 0 Å². The first kappa shape index (κ1) is 15.9. The van der Waals surface area contributed by atoms with Gasteiger partial charge in [-0.05, 0) is 25.0 Å². The van der Waals surface area contributed by atoms with Crippen LogP contribution in [0.15, 0.2) is 39.3 Å². The summed E-state index contributed by atoms with van der Waals surface area (Å²) in [6.45, 7) is 5.34. The maximum atomic E-state index is 12.7. The Morgan fingerprint density at radius 3 is 2.92 bits per heavy atom. The highest BCUT2D eigenvalue weighted by Gasteiger charge is 2.30. The molecule has 0 bridgehead atoms. The zero-order valence-electron chi connectivity index (χ0n) is 14.4. The van der Waals surface area contributed by atoms with Gasteiger partial charge in [0, 0.05) is 25.1 Å². The van der Waals surface area contributed by atoms with Crippen molar-refractivity contribution in [3.63, 3.8) is 0 Å². The molecule has 6 heteroatoms. The molecule has 6 nitrogen and oxygen atoms in total. The Bertz CT molecular complexity index is 863. The van der Waals surface area contributed by atoms with Crippen molar-refractivity contribution < 1.29 is 13.7 Å². The first-order valence-electron chi connectivity index (χ1n) is 8.73. The van der Waals surface area contributed by atoms with Crippen LogP contribution in [0.5, 0.6) is 0 Å². The third-order valence-corrected chi connectivity index (χ3v) is 4.68. The van der Waals surface area contributed by atoms with Gasteiger partial charge in [0.1, 0.15) is 11.3 Å². The number of amides is 1. The maximum absolute atomic E-state index is 12.7. The van der Waals surface area contributed by atoms with E-state index in [2.05, 4.69) is 10.1 Å². The molecule has 25 heavy (non-hydrogen) atoms. The van der Waals surface area contributed by atoms with Crippen molar-refractivity contribution in [2.75, 3.05) is 13.1 Å². The number of carbonyl (C=O) groups excluding carboxylic acids is 1. The molecule has 130 valence electrons. The molecule has 0 unspecified atom stereocenters. The summed E-state index contributed by atoms with van der Waals surface area (Å²) in [5.74, 6) is 1.68. The Morgan fingerprint density at radius 2 is 2.16 bits per heavy atom. The van der Waals surface area contributed by atoms with Crippen molar-refractivity contribution in [2.45, 2.75) is 38.5 Å². The summed E-state index contributed by atoms with van der Waals surface area (Å²) < 4.78 is 11.2. The number of hydrogen-bond donors (Lipinski definition) is 0. The van der Waals surface area contributed by atoms with Gasteiger partial charge in [-0.25, -0.2) is 4.98 Å². The summed E-state index contributed by atoms with van der Waals surface area (Å²) >= 11 is 0. The van der Waals surface area contributed by atoms with Gasteiger partial charge in [-0.1, -0.05) is 31.1 Å². The summed E-state index contributed by atoms with van der Waals surface area (Å²) in [7, 11) is 0. The number of aromatic nitrogens is 2. The quantitative estimate of drug-likeness (QED) is 0.722. The van der Waals surface area contributed by atoms with Crippen molar-refractivity contribution in [3.05, 3.63) is 47.7 Å². The summed E-state index contributed by atoms with van der Waals surface area (Å²) in [6.07, 6.45) is 1.89. The molecule has 0 N–H and O–H groups in total. The second-order valence-corrected chi connectivity index (χ2v) is 6.88. The highest BCUT2D eigenvalue weighted by Crippen LogP contribution is 2.29. The number of oxazole rings is 1. The molecule has 3 heterocycles. The minimum absolute atomic E-state index is 0.0866. The van der Waals surface area contributed by atoms with E-state index in [-0.39, 0.29) is 17.7 Å². The molecule has 1 aliphatic rings. The molecule has 0 saturated carbocycles. The molecule has 0 aliphatic carbocycles. The van der Waals surface area contributed by atoms with Gasteiger partial charge in [0.05, 0.1) is 5.92 Å². The smallest absolute Gasteiger partial charge is 0.276 e. The molecule has 2 aromatic heterocycles. The molecule has 1 fully saturated rings. The van der Waals surface area contributed by atoms with Crippen molar-refractivity contribution in [1.82, 2.24) is 15.0 Å². The molecular formula is C19H21N3O3. The SMILES string of the molecule is CC(C)c1cc(C(=O)N2CCC[C@@H](c3nc4ccccc4o3)C2)no1. The monoisotopic (exact) mass is 339 g/mol. The van der Waals surface area contributed by atoms with E-state index in [1.54, 1.807) is 6.07 Å². The van der Waals surface area contributed by atoms with E-state index in [9.17, 15) is 4.79 Å². The Morgan fingerprint density at radius 1 is 1.32 bits per heavy atom. The number of hydrogen-bond acceptors (Lipinski definition) is 5. The number of likely N-dealkylation sites (tertiary alicyclic amines) is 1. The van der Waals surface area contributed by atoms with Crippen molar-refractivity contribution in [1.29, 1.82) is 0 Å². The largest absolute Gasteiger partial charge is 0.440 e. The Kier molecular flexibility index (Phi) is 4.03. The van der Waals surface area contributed by atoms with Gasteiger partial charge in [0.15, 0.2) is 17.2 Å². The maximum Gasteiger partial charge on any atom is 0.276 e. The Labute approximate surface area is 145 Å². The second-order valence-electron chi connectivity index (χ2n) is 6.88. The fraction of sp³-hybridized carbons (Fsp3) is 0.421. The standard InChI is InChI=1S/C19H21N3O3/c1-12(2)17-10-15(21-25-17)19(23)22-9-5-6-13(11-22)18-20-14-7-3-4-8-16(14)24-18/h3-4,7-8,10,12-13H,5-6,9,11H2,1-2H3/t13-/m1/s1. The molecule has 1 saturated heterocycles. The average molecular weight is 339 g/mol. The van der Waals surface area contributed by atoms with Crippen LogP contribution in [-0.2, 0) is 0 Å². The van der Waals surface area contributed by atoms with Gasteiger partial charge in [0.2, 0.25) is 0 Å². The lowest BCUT2D eigenvalue weighted by Crippen LogP contribution is -2.39. The number of fused-ring (bicyclic) bond motifs is 1. The molecule has 1 aliphatic heterocycles. The number of nitrogens with zero attached hydrogens (tertiary/aromatic N) is 3. The first-order valence-corrected chi connectivity index (χ1v) is 8.73. The average Bonchev–Trinajstić information content (AvgIpc) is 3.28. The van der Waals surface area contributed by atoms with Crippen molar-refractivity contribution in [2.24, 2.45) is 0 Å². The van der Waals surface area contributed by atoms with Crippen LogP contribution in [0.2, 0.25) is 0 Å². The third kappa shape index (κ3) is 3.04. The van der Waals surface area contributed by atoms with Gasteiger partial charge in [-0.15, -0.1) is 0 Å². The van der Waals surface area contributed by atoms with Gasteiger partial charge < -0.3 is 13.8 Å². The summed E-state index contributed by atoms with van der Waals surface area (Å²) in [5.41, 5.74) is 2.03. The first-order chi connectivity index (χ1) is 12.1. The fourth-order valence-corrected chi connectivity index (χ4v) is 3.25. The highest BCUT2D eigenvalue weighted by atomic mass is 16.5. The lowest BCUT2D eigenvalue weighted by molar-refractivity contribution is 0.0688. The summed E-state index contributed by atoms with van der Waals surface area (Å²) in [4.78, 5) is 19.2. The van der Waals surface area contributed by atoms with Crippen molar-refractivity contribution >= 4 is 17.0 Å². The molecular weight excluding hydrogens is 318 g/mol. The van der Waals surface area contributed by atoms with Gasteiger partial charge >= 0.3 is 0 Å². The van der Waals surface area contributed by atoms with Crippen LogP contribution >= 0.6 is 0 Å². The minimum Gasteiger partial charge on any atom is -0.440 e. The number of rotatable bonds is 3. The molecule has 0 radical (unpaired) electrons. The van der Waals surface area contributed by atoms with E-state index < -0.39 is 0 Å². The van der Waals surface area contributed by atoms with E-state index >= 15 is 0 Å². The number of para-hydroxylation sites is 2. The van der Waals surface area contributed by atoms with Crippen LogP contribution in [0.1, 0.15) is 60.7 Å². The molecule has 3 aromatic rings. The number of carbonyl (C=O) groups is 1. The van der Waals surface area contributed by atoms with Crippen LogP contribution in [0.25, 0.3) is 11.1 Å². The van der Waals surface area contributed by atoms with Crippen LogP contribution in [0.3, 0.4) is 0 Å². The van der Waals surface area contributed by atoms with E-state index in [1.807, 2.05) is 43.0 Å². The summed E-state index contributed by atoms with van der Waals surface area (Å²) in [6, 6.07) is 9.49. The normalized spacial score (nSPS) is 18.2. The lowest BCUT2D eigenvalue weighted by atomic mass is 9.97. The highest BCUT2D eigenvalue weighted by molar-refractivity contribution is 5.92. The van der Waals surface area contributed by atoms with E-state index in [4.69, 9.17) is 8.94 Å². The second kappa shape index (κ2) is 6.35. The number of benzene rings is 1. The van der Waals surface area contributed by atoms with E-state index in [0.29, 0.717) is 18.1 Å². The van der Waals surface area contributed by atoms with Gasteiger partial charge in [-0.2, -0.15) is 0 Å². The zero-order valence-corrected chi connectivity index (χ0v) is 14.4. The fourth-order valence-electron chi connectivity index (χ4n) is 3.25. The minimum atomic E-state index is -0.0866. The Hall–Kier alpha value is -2.63. The predicted octanol–water partition coefficient (Wildman–Crippen LogP) is 3.96. The van der Waals surface area contributed by atoms with Gasteiger partial charge in [-0.3, -0.25) is 4.79 Å². The lowest BCUT2D eigenvalue weighted by Gasteiger charge is -2.30. The molecule has 1 aromatic carbocycles. The molecule has 1 amide bonds. The Balaban J connectivity index is 1.52. The predicted molar refractivity (Wildman–Crippen MR) is 92.5 cm³/mol. The summed E-state index contributed by atoms with van der Waals surface area (Å²) in [5, 5.41) is 3.94. The third-order valence-electron chi connectivity index (χ3n) is 4.68. The molecule has 4 rings (SSSR count). The van der Waals surface area contributed by atoms with E-state index in [0.717, 1.165) is 36.2 Å². The van der Waals surface area contributed by atoms with Crippen LogP contribution in [-0.4, -0.2) is 34.0 Å². The zero-order chi connectivity index (χ0) is 17.4. The number of piperidine rings is 1. The molecule has 0 spiro atoms. The van der Waals surface area contributed by atoms with Crippen molar-refractivity contribution in [3.8, 4) is 0 Å². The van der Waals surface area contributed by atoms with Crippen LogP contribution in [0.4, 0.5) is 0 Å². The molecule has 1 atom stereocenters. The van der Waals surface area contributed by atoms with Crippen LogP contribution in [0, 0.1) is 0 Å². The van der Waals surface area contributed by atoms with E-state index in [1.165, 1.54) is 0 Å². The van der Waals surface area contributed by atoms with Gasteiger partial charge in [0.25, 0.3) is 5.91 Å². The topological polar surface area (TPSA) is 72.4 Å².